The average Bonchev–Trinajstić information content (AvgIpc) is 3.55. The van der Waals surface area contributed by atoms with Gasteiger partial charge in [-0.15, -0.1) is 0 Å². The van der Waals surface area contributed by atoms with Gasteiger partial charge in [0.2, 0.25) is 0 Å². The molecular weight excluding hydrogens is 526 g/mol. The third-order valence-corrected chi connectivity index (χ3v) is 8.88. The second kappa shape index (κ2) is 10.6. The first-order chi connectivity index (χ1) is 19.5. The number of aromatic nitrogens is 1. The number of methoxy groups -OCH3 is 1. The van der Waals surface area contributed by atoms with Gasteiger partial charge in [-0.25, -0.2) is 4.98 Å². The lowest BCUT2D eigenvalue weighted by Gasteiger charge is -2.40. The summed E-state index contributed by atoms with van der Waals surface area (Å²) in [4.78, 5) is 21.9. The third kappa shape index (κ3) is 5.69. The molecule has 1 aromatic carbocycles. The fourth-order valence-electron chi connectivity index (χ4n) is 5.99. The topological polar surface area (TPSA) is 103 Å². The summed E-state index contributed by atoms with van der Waals surface area (Å²) in [5.74, 6) is 2.03. The van der Waals surface area contributed by atoms with Gasteiger partial charge in [-0.1, -0.05) is 13.0 Å². The standard InChI is InChI=1S/C31H41N3O7/c1-19(35)31(4)18-34(29(36)27-17-38-30(2,3)41-27)16-24(31)20-6-10-25(37-5)26(12-20)40-23-14-33(15-23)28-11-9-22(13-32-28)39-21-7-8-21/h6,9-13,19,21,23-24,27,35H,7-8,14-18H2,1-5H3/t19-,24+,27?,31+/m1/s1. The molecule has 0 spiro atoms. The Labute approximate surface area is 241 Å². The summed E-state index contributed by atoms with van der Waals surface area (Å²) in [6, 6.07) is 9.88. The summed E-state index contributed by atoms with van der Waals surface area (Å²) in [5.41, 5.74) is 0.442. The molecule has 222 valence electrons. The number of hydrogen-bond acceptors (Lipinski definition) is 9. The molecule has 1 unspecified atom stereocenters. The number of carbonyl (C=O) groups excluding carboxylic acids is 1. The van der Waals surface area contributed by atoms with E-state index < -0.39 is 23.4 Å². The highest BCUT2D eigenvalue weighted by molar-refractivity contribution is 5.82. The van der Waals surface area contributed by atoms with Gasteiger partial charge in [0.15, 0.2) is 23.4 Å². The van der Waals surface area contributed by atoms with Crippen molar-refractivity contribution >= 4 is 11.7 Å². The summed E-state index contributed by atoms with van der Waals surface area (Å²) in [6.45, 7) is 9.98. The SMILES string of the molecule is COc1ccc([C@@H]2CN(C(=O)C3COC(C)(C)O3)C[C@@]2(C)[C@@H](C)O)cc1OC1CN(c2ccc(OC3CC3)cn2)C1. The van der Waals surface area contributed by atoms with Crippen molar-refractivity contribution in [1.29, 1.82) is 0 Å². The molecule has 3 aliphatic heterocycles. The quantitative estimate of drug-likeness (QED) is 0.489. The second-order valence-electron chi connectivity index (χ2n) is 12.5. The van der Waals surface area contributed by atoms with Gasteiger partial charge in [0.1, 0.15) is 17.7 Å². The number of hydrogen-bond donors (Lipinski definition) is 1. The van der Waals surface area contributed by atoms with E-state index in [1.165, 1.54) is 0 Å². The molecule has 1 aromatic heterocycles. The van der Waals surface area contributed by atoms with Gasteiger partial charge in [0.25, 0.3) is 5.91 Å². The minimum atomic E-state index is -0.781. The van der Waals surface area contributed by atoms with Gasteiger partial charge < -0.3 is 38.6 Å². The number of carbonyl (C=O) groups is 1. The number of benzene rings is 1. The average molecular weight is 568 g/mol. The van der Waals surface area contributed by atoms with Crippen LogP contribution in [0.1, 0.15) is 52.0 Å². The van der Waals surface area contributed by atoms with Crippen LogP contribution in [0, 0.1) is 5.41 Å². The van der Waals surface area contributed by atoms with E-state index in [0.29, 0.717) is 43.8 Å². The van der Waals surface area contributed by atoms with Crippen LogP contribution in [0.5, 0.6) is 17.2 Å². The number of likely N-dealkylation sites (tertiary alicyclic amines) is 1. The van der Waals surface area contributed by atoms with E-state index >= 15 is 0 Å². The highest BCUT2D eigenvalue weighted by Crippen LogP contribution is 2.47. The smallest absolute Gasteiger partial charge is 0.254 e. The molecule has 3 saturated heterocycles. The van der Waals surface area contributed by atoms with Gasteiger partial charge in [-0.2, -0.15) is 0 Å². The number of nitrogens with zero attached hydrogens (tertiary/aromatic N) is 3. The normalized spacial score (nSPS) is 28.3. The van der Waals surface area contributed by atoms with Crippen molar-refractivity contribution in [3.8, 4) is 17.2 Å². The zero-order chi connectivity index (χ0) is 28.9. The predicted molar refractivity (Wildman–Crippen MR) is 152 cm³/mol. The van der Waals surface area contributed by atoms with Gasteiger partial charge in [0.05, 0.1) is 45.2 Å². The van der Waals surface area contributed by atoms with Gasteiger partial charge in [-0.05, 0) is 63.4 Å². The zero-order valence-electron chi connectivity index (χ0n) is 24.5. The molecule has 0 bridgehead atoms. The lowest BCUT2D eigenvalue weighted by Crippen LogP contribution is -2.54. The van der Waals surface area contributed by atoms with Crippen LogP contribution in [0.3, 0.4) is 0 Å². The first kappa shape index (κ1) is 28.1. The van der Waals surface area contributed by atoms with Gasteiger partial charge in [-0.3, -0.25) is 4.79 Å². The summed E-state index contributed by atoms with van der Waals surface area (Å²) < 4.78 is 29.3. The lowest BCUT2D eigenvalue weighted by atomic mass is 9.72. The Morgan fingerprint density at radius 1 is 1.07 bits per heavy atom. The molecule has 1 aliphatic carbocycles. The zero-order valence-corrected chi connectivity index (χ0v) is 24.5. The number of aliphatic hydroxyl groups is 1. The Balaban J connectivity index is 1.14. The minimum Gasteiger partial charge on any atom is -0.493 e. The largest absolute Gasteiger partial charge is 0.493 e. The molecule has 1 saturated carbocycles. The molecular formula is C31H41N3O7. The van der Waals surface area contributed by atoms with E-state index in [4.69, 9.17) is 23.7 Å². The highest BCUT2D eigenvalue weighted by Gasteiger charge is 2.51. The molecule has 4 fully saturated rings. The van der Waals surface area contributed by atoms with Crippen LogP contribution in [0.15, 0.2) is 36.5 Å². The Kier molecular flexibility index (Phi) is 7.28. The Morgan fingerprint density at radius 2 is 1.85 bits per heavy atom. The van der Waals surface area contributed by atoms with Crippen molar-refractivity contribution in [2.24, 2.45) is 5.41 Å². The van der Waals surface area contributed by atoms with Crippen LogP contribution >= 0.6 is 0 Å². The minimum absolute atomic E-state index is 0.0176. The molecule has 10 nitrogen and oxygen atoms in total. The monoisotopic (exact) mass is 567 g/mol. The first-order valence-electron chi connectivity index (χ1n) is 14.6. The summed E-state index contributed by atoms with van der Waals surface area (Å²) in [6.07, 6.45) is 3.08. The number of amides is 1. The van der Waals surface area contributed by atoms with Crippen molar-refractivity contribution < 1.29 is 33.6 Å². The first-order valence-corrected chi connectivity index (χ1v) is 14.6. The Bertz CT molecular complexity index is 1260. The van der Waals surface area contributed by atoms with Gasteiger partial charge >= 0.3 is 0 Å². The van der Waals surface area contributed by atoms with Crippen molar-refractivity contribution in [2.75, 3.05) is 44.8 Å². The fraction of sp³-hybridized carbons (Fsp3) is 0.613. The molecule has 10 heteroatoms. The van der Waals surface area contributed by atoms with Crippen LogP contribution in [0.25, 0.3) is 0 Å². The Hall–Kier alpha value is -3.08. The van der Waals surface area contributed by atoms with E-state index in [0.717, 1.165) is 30.0 Å². The van der Waals surface area contributed by atoms with Crippen LogP contribution in [-0.2, 0) is 14.3 Å². The van der Waals surface area contributed by atoms with E-state index in [-0.39, 0.29) is 24.5 Å². The fourth-order valence-corrected chi connectivity index (χ4v) is 5.99. The number of ether oxygens (including phenoxy) is 5. The number of aliphatic hydroxyl groups excluding tert-OH is 1. The van der Waals surface area contributed by atoms with Crippen LogP contribution in [0.4, 0.5) is 5.82 Å². The predicted octanol–water partition coefficient (Wildman–Crippen LogP) is 3.36. The second-order valence-corrected chi connectivity index (χ2v) is 12.5. The molecule has 1 amide bonds. The maximum Gasteiger partial charge on any atom is 0.254 e. The molecule has 4 heterocycles. The van der Waals surface area contributed by atoms with Crippen LogP contribution < -0.4 is 19.1 Å². The number of pyridine rings is 1. The van der Waals surface area contributed by atoms with Crippen molar-refractivity contribution in [3.63, 3.8) is 0 Å². The van der Waals surface area contributed by atoms with Crippen molar-refractivity contribution in [3.05, 3.63) is 42.1 Å². The third-order valence-electron chi connectivity index (χ3n) is 8.88. The molecule has 1 N–H and O–H groups in total. The van der Waals surface area contributed by atoms with Gasteiger partial charge in [0, 0.05) is 24.4 Å². The van der Waals surface area contributed by atoms with E-state index in [2.05, 4.69) is 9.88 Å². The van der Waals surface area contributed by atoms with Crippen LogP contribution in [-0.4, -0.2) is 91.0 Å². The van der Waals surface area contributed by atoms with E-state index in [9.17, 15) is 9.90 Å². The van der Waals surface area contributed by atoms with Crippen LogP contribution in [0.2, 0.25) is 0 Å². The van der Waals surface area contributed by atoms with Crippen molar-refractivity contribution in [1.82, 2.24) is 9.88 Å². The molecule has 4 atom stereocenters. The maximum atomic E-state index is 13.4. The summed E-state index contributed by atoms with van der Waals surface area (Å²) in [7, 11) is 1.63. The van der Waals surface area contributed by atoms with E-state index in [1.54, 1.807) is 25.1 Å². The molecule has 6 rings (SSSR count). The van der Waals surface area contributed by atoms with E-state index in [1.807, 2.05) is 51.1 Å². The summed E-state index contributed by atoms with van der Waals surface area (Å²) in [5, 5.41) is 10.9. The number of anilines is 1. The molecule has 2 aromatic rings. The molecule has 41 heavy (non-hydrogen) atoms. The Morgan fingerprint density at radius 3 is 2.46 bits per heavy atom. The van der Waals surface area contributed by atoms with Crippen molar-refractivity contribution in [2.45, 2.75) is 76.7 Å². The number of rotatable bonds is 9. The lowest BCUT2D eigenvalue weighted by molar-refractivity contribution is -0.159. The highest BCUT2D eigenvalue weighted by atomic mass is 16.7. The summed E-state index contributed by atoms with van der Waals surface area (Å²) >= 11 is 0. The molecule has 4 aliphatic rings. The maximum absolute atomic E-state index is 13.4. The molecule has 0 radical (unpaired) electrons.